The van der Waals surface area contributed by atoms with Gasteiger partial charge in [-0.3, -0.25) is 14.4 Å². The van der Waals surface area contributed by atoms with Gasteiger partial charge in [0.1, 0.15) is 17.3 Å². The Bertz CT molecular complexity index is 447. The van der Waals surface area contributed by atoms with E-state index in [0.717, 1.165) is 0 Å². The molecule has 0 bridgehead atoms. The van der Waals surface area contributed by atoms with Crippen LogP contribution in [0.1, 0.15) is 47.5 Å². The zero-order valence-corrected chi connectivity index (χ0v) is 11.6. The topological polar surface area (TPSA) is 60.4 Å². The first-order valence-corrected chi connectivity index (χ1v) is 6.30. The van der Waals surface area contributed by atoms with Gasteiger partial charge in [-0.25, -0.2) is 0 Å². The molecule has 0 aromatic carbocycles. The number of cyclic esters (lactones) is 1. The summed E-state index contributed by atoms with van der Waals surface area (Å²) in [6.07, 6.45) is 0.654. The van der Waals surface area contributed by atoms with Gasteiger partial charge in [0.15, 0.2) is 5.78 Å². The summed E-state index contributed by atoms with van der Waals surface area (Å²) >= 11 is 0. The summed E-state index contributed by atoms with van der Waals surface area (Å²) in [5.41, 5.74) is -2.23. The summed E-state index contributed by atoms with van der Waals surface area (Å²) in [4.78, 5) is 36.2. The normalized spacial score (nSPS) is 38.1. The van der Waals surface area contributed by atoms with Crippen LogP contribution >= 0.6 is 0 Å². The summed E-state index contributed by atoms with van der Waals surface area (Å²) in [6, 6.07) is 0. The summed E-state index contributed by atoms with van der Waals surface area (Å²) < 4.78 is 5.40. The maximum absolute atomic E-state index is 12.3. The van der Waals surface area contributed by atoms with Crippen molar-refractivity contribution in [1.82, 2.24) is 0 Å². The third-order valence-electron chi connectivity index (χ3n) is 4.15. The van der Waals surface area contributed by atoms with Crippen molar-refractivity contribution in [2.24, 2.45) is 16.7 Å². The Labute approximate surface area is 107 Å². The van der Waals surface area contributed by atoms with Crippen LogP contribution in [0.3, 0.4) is 0 Å². The molecule has 0 unspecified atom stereocenters. The van der Waals surface area contributed by atoms with Crippen LogP contribution in [-0.4, -0.2) is 23.1 Å². The van der Waals surface area contributed by atoms with Gasteiger partial charge in [0, 0.05) is 18.3 Å². The molecule has 0 aromatic rings. The third-order valence-corrected chi connectivity index (χ3v) is 4.15. The molecule has 0 spiro atoms. The second kappa shape index (κ2) is 3.43. The Balaban J connectivity index is 2.36. The van der Waals surface area contributed by atoms with E-state index in [0.29, 0.717) is 6.42 Å². The summed E-state index contributed by atoms with van der Waals surface area (Å²) in [5.74, 6) is -1.31. The quantitative estimate of drug-likeness (QED) is 0.528. The van der Waals surface area contributed by atoms with Gasteiger partial charge < -0.3 is 4.74 Å². The molecule has 0 aromatic heterocycles. The molecule has 1 saturated carbocycles. The average molecular weight is 252 g/mol. The second-order valence-electron chi connectivity index (χ2n) is 7.09. The third kappa shape index (κ3) is 1.70. The first kappa shape index (κ1) is 13.2. The fraction of sp³-hybridized carbons (Fsp3) is 0.786. The highest BCUT2D eigenvalue weighted by Gasteiger charge is 2.61. The lowest BCUT2D eigenvalue weighted by molar-refractivity contribution is -0.158. The zero-order chi connectivity index (χ0) is 13.9. The van der Waals surface area contributed by atoms with Crippen LogP contribution in [0.5, 0.6) is 0 Å². The van der Waals surface area contributed by atoms with E-state index in [1.54, 1.807) is 34.6 Å². The van der Waals surface area contributed by atoms with E-state index in [4.69, 9.17) is 4.74 Å². The molecular formula is C14H20O4. The van der Waals surface area contributed by atoms with Crippen LogP contribution in [0.15, 0.2) is 0 Å². The number of esters is 1. The molecule has 100 valence electrons. The van der Waals surface area contributed by atoms with Gasteiger partial charge in [-0.1, -0.05) is 13.8 Å². The molecule has 18 heavy (non-hydrogen) atoms. The molecule has 2 atom stereocenters. The van der Waals surface area contributed by atoms with Crippen LogP contribution < -0.4 is 0 Å². The Morgan fingerprint density at radius 1 is 1.00 bits per heavy atom. The van der Waals surface area contributed by atoms with Crippen molar-refractivity contribution in [2.75, 3.05) is 0 Å². The van der Waals surface area contributed by atoms with Crippen molar-refractivity contribution >= 4 is 17.5 Å². The maximum Gasteiger partial charge on any atom is 0.312 e. The van der Waals surface area contributed by atoms with Crippen molar-refractivity contribution in [3.63, 3.8) is 0 Å². The highest BCUT2D eigenvalue weighted by Crippen LogP contribution is 2.49. The fourth-order valence-electron chi connectivity index (χ4n) is 3.28. The summed E-state index contributed by atoms with van der Waals surface area (Å²) in [7, 11) is 0. The van der Waals surface area contributed by atoms with Crippen LogP contribution in [0.2, 0.25) is 0 Å². The smallest absolute Gasteiger partial charge is 0.312 e. The predicted octanol–water partition coefficient (Wildman–Crippen LogP) is 1.90. The minimum Gasteiger partial charge on any atom is -0.458 e. The van der Waals surface area contributed by atoms with E-state index in [9.17, 15) is 14.4 Å². The number of hydrogen-bond acceptors (Lipinski definition) is 4. The molecule has 0 radical (unpaired) electrons. The van der Waals surface area contributed by atoms with Gasteiger partial charge in [0.25, 0.3) is 0 Å². The monoisotopic (exact) mass is 252 g/mol. The van der Waals surface area contributed by atoms with Gasteiger partial charge in [0.2, 0.25) is 0 Å². The minimum atomic E-state index is -0.970. The molecule has 1 heterocycles. The number of ketones is 2. The van der Waals surface area contributed by atoms with Crippen molar-refractivity contribution in [3.05, 3.63) is 0 Å². The Morgan fingerprint density at radius 2 is 1.56 bits per heavy atom. The van der Waals surface area contributed by atoms with E-state index in [1.807, 2.05) is 0 Å². The highest BCUT2D eigenvalue weighted by atomic mass is 16.6. The van der Waals surface area contributed by atoms with Gasteiger partial charge in [-0.05, 0) is 20.8 Å². The Kier molecular flexibility index (Phi) is 2.52. The summed E-state index contributed by atoms with van der Waals surface area (Å²) in [5, 5.41) is 0. The molecule has 1 saturated heterocycles. The van der Waals surface area contributed by atoms with E-state index in [2.05, 4.69) is 0 Å². The lowest BCUT2D eigenvalue weighted by Gasteiger charge is -2.29. The van der Waals surface area contributed by atoms with E-state index >= 15 is 0 Å². The van der Waals surface area contributed by atoms with Crippen molar-refractivity contribution in [1.29, 1.82) is 0 Å². The zero-order valence-electron chi connectivity index (χ0n) is 11.6. The highest BCUT2D eigenvalue weighted by molar-refractivity contribution is 6.13. The largest absolute Gasteiger partial charge is 0.458 e. The molecule has 0 amide bonds. The van der Waals surface area contributed by atoms with Gasteiger partial charge in [0.05, 0.1) is 5.41 Å². The molecule has 2 aliphatic rings. The molecule has 2 rings (SSSR count). The fourth-order valence-corrected chi connectivity index (χ4v) is 3.28. The maximum atomic E-state index is 12.3. The van der Waals surface area contributed by atoms with Crippen LogP contribution in [0, 0.1) is 16.7 Å². The average Bonchev–Trinajstić information content (AvgIpc) is 2.45. The van der Waals surface area contributed by atoms with Gasteiger partial charge in [-0.2, -0.15) is 0 Å². The van der Waals surface area contributed by atoms with Crippen LogP contribution in [0.4, 0.5) is 0 Å². The molecule has 2 fully saturated rings. The van der Waals surface area contributed by atoms with Crippen molar-refractivity contribution in [2.45, 2.75) is 53.1 Å². The first-order chi connectivity index (χ1) is 8.00. The molecule has 1 aliphatic carbocycles. The number of carbonyl (C=O) groups excluding carboxylic acids is 3. The lowest BCUT2D eigenvalue weighted by atomic mass is 9.75. The lowest BCUT2D eigenvalue weighted by Crippen LogP contribution is -2.42. The SMILES string of the molecule is CC1(C)C[C@](C)([C@@H]2C(=O)CC(C)(C)C2=O)OC1=O. The number of ether oxygens (including phenoxy) is 1. The van der Waals surface area contributed by atoms with Gasteiger partial charge >= 0.3 is 5.97 Å². The number of Topliss-reactive ketones (excluding diaryl/α,β-unsaturated/α-hetero) is 2. The Morgan fingerprint density at radius 3 is 1.89 bits per heavy atom. The molecule has 1 aliphatic heterocycles. The molecule has 0 N–H and O–H groups in total. The van der Waals surface area contributed by atoms with Crippen molar-refractivity contribution < 1.29 is 19.1 Å². The molecular weight excluding hydrogens is 232 g/mol. The van der Waals surface area contributed by atoms with Gasteiger partial charge in [-0.15, -0.1) is 0 Å². The Hall–Kier alpha value is -1.19. The second-order valence-corrected chi connectivity index (χ2v) is 7.09. The van der Waals surface area contributed by atoms with E-state index < -0.39 is 22.3 Å². The molecule has 4 nitrogen and oxygen atoms in total. The van der Waals surface area contributed by atoms with E-state index in [-0.39, 0.29) is 24.0 Å². The number of carbonyl (C=O) groups is 3. The van der Waals surface area contributed by atoms with E-state index in [1.165, 1.54) is 0 Å². The first-order valence-electron chi connectivity index (χ1n) is 6.30. The molecule has 4 heteroatoms. The number of hydrogen-bond donors (Lipinski definition) is 0. The summed E-state index contributed by atoms with van der Waals surface area (Å²) in [6.45, 7) is 8.84. The number of rotatable bonds is 1. The van der Waals surface area contributed by atoms with Crippen molar-refractivity contribution in [3.8, 4) is 0 Å². The standard InChI is InChI=1S/C14H20O4/c1-12(2)6-8(15)9(10(12)16)14(5)7-13(3,4)11(17)18-14/h9H,6-7H2,1-5H3/t9-,14-/m1/s1. The minimum absolute atomic E-state index is 0.0968. The van der Waals surface area contributed by atoms with Crippen LogP contribution in [-0.2, 0) is 19.1 Å². The van der Waals surface area contributed by atoms with Crippen LogP contribution in [0.25, 0.3) is 0 Å². The predicted molar refractivity (Wildman–Crippen MR) is 64.8 cm³/mol.